The first kappa shape index (κ1) is 11.6. The molecule has 0 fully saturated rings. The van der Waals surface area contributed by atoms with E-state index in [0.717, 1.165) is 5.56 Å². The van der Waals surface area contributed by atoms with Crippen molar-refractivity contribution < 1.29 is 10.0 Å². The van der Waals surface area contributed by atoms with Gasteiger partial charge >= 0.3 is 0 Å². The zero-order valence-electron chi connectivity index (χ0n) is 8.51. The number of nitro groups is 1. The van der Waals surface area contributed by atoms with Gasteiger partial charge < -0.3 is 10.4 Å². The molecule has 0 saturated heterocycles. The van der Waals surface area contributed by atoms with Crippen LogP contribution in [0.25, 0.3) is 0 Å². The minimum atomic E-state index is -0.421. The summed E-state index contributed by atoms with van der Waals surface area (Å²) in [7, 11) is 0. The van der Waals surface area contributed by atoms with Gasteiger partial charge in [0, 0.05) is 24.7 Å². The molecule has 0 aliphatic carbocycles. The van der Waals surface area contributed by atoms with E-state index in [0.29, 0.717) is 6.54 Å². The molecule has 5 nitrogen and oxygen atoms in total. The molecular formula is C10H14N2O3. The summed E-state index contributed by atoms with van der Waals surface area (Å²) in [6, 6.07) is 6.47. The summed E-state index contributed by atoms with van der Waals surface area (Å²) < 4.78 is 0. The summed E-state index contributed by atoms with van der Waals surface area (Å²) in [5.74, 6) is 0. The molecular weight excluding hydrogens is 196 g/mol. The second-order valence-corrected chi connectivity index (χ2v) is 3.25. The molecule has 2 N–H and O–H groups in total. The number of non-ortho nitro benzene ring substituents is 1. The standard InChI is InChI=1S/C10H14N2O3/c1-8(11-6-7-13)9-2-4-10(5-3-9)12(14)15/h2-5,8,11,13H,6-7H2,1H3/t8-/m0/s1. The minimum absolute atomic E-state index is 0.0807. The molecule has 1 aromatic rings. The summed E-state index contributed by atoms with van der Waals surface area (Å²) in [4.78, 5) is 9.99. The highest BCUT2D eigenvalue weighted by molar-refractivity contribution is 5.33. The smallest absolute Gasteiger partial charge is 0.269 e. The van der Waals surface area contributed by atoms with Crippen LogP contribution in [0.5, 0.6) is 0 Å². The topological polar surface area (TPSA) is 75.4 Å². The fraction of sp³-hybridized carbons (Fsp3) is 0.400. The number of aliphatic hydroxyl groups is 1. The highest BCUT2D eigenvalue weighted by atomic mass is 16.6. The number of nitrogens with one attached hydrogen (secondary N) is 1. The van der Waals surface area contributed by atoms with E-state index in [1.807, 2.05) is 6.92 Å². The number of rotatable bonds is 5. The molecule has 1 rings (SSSR count). The number of benzene rings is 1. The van der Waals surface area contributed by atoms with Crippen molar-refractivity contribution in [2.24, 2.45) is 0 Å². The number of aliphatic hydroxyl groups excluding tert-OH is 1. The van der Waals surface area contributed by atoms with Crippen molar-refractivity contribution in [3.8, 4) is 0 Å². The monoisotopic (exact) mass is 210 g/mol. The van der Waals surface area contributed by atoms with Gasteiger partial charge in [0.2, 0.25) is 0 Å². The molecule has 5 heteroatoms. The predicted octanol–water partition coefficient (Wildman–Crippen LogP) is 1.24. The fourth-order valence-corrected chi connectivity index (χ4v) is 1.28. The Labute approximate surface area is 87.9 Å². The maximum atomic E-state index is 10.4. The van der Waals surface area contributed by atoms with Gasteiger partial charge in [-0.25, -0.2) is 0 Å². The van der Waals surface area contributed by atoms with Gasteiger partial charge in [-0.1, -0.05) is 12.1 Å². The quantitative estimate of drug-likeness (QED) is 0.566. The van der Waals surface area contributed by atoms with E-state index in [9.17, 15) is 10.1 Å². The molecule has 0 heterocycles. The number of hydrogen-bond acceptors (Lipinski definition) is 4. The van der Waals surface area contributed by atoms with Gasteiger partial charge in [0.25, 0.3) is 5.69 Å². The zero-order valence-corrected chi connectivity index (χ0v) is 8.51. The van der Waals surface area contributed by atoms with E-state index < -0.39 is 4.92 Å². The summed E-state index contributed by atoms with van der Waals surface area (Å²) in [6.07, 6.45) is 0. The molecule has 0 aliphatic rings. The molecule has 0 amide bonds. The van der Waals surface area contributed by atoms with E-state index in [4.69, 9.17) is 5.11 Å². The molecule has 82 valence electrons. The molecule has 0 bridgehead atoms. The van der Waals surface area contributed by atoms with Crippen LogP contribution in [0, 0.1) is 10.1 Å². The Bertz CT molecular complexity index is 324. The number of nitrogens with zero attached hydrogens (tertiary/aromatic N) is 1. The Kier molecular flexibility index (Phi) is 4.20. The summed E-state index contributed by atoms with van der Waals surface area (Å²) in [6.45, 7) is 2.53. The SMILES string of the molecule is C[C@H](NCCO)c1ccc([N+](=O)[O-])cc1. The van der Waals surface area contributed by atoms with Gasteiger partial charge in [0.1, 0.15) is 0 Å². The van der Waals surface area contributed by atoms with Crippen LogP contribution in [-0.2, 0) is 0 Å². The summed E-state index contributed by atoms with van der Waals surface area (Å²) >= 11 is 0. The average molecular weight is 210 g/mol. The van der Waals surface area contributed by atoms with Gasteiger partial charge in [-0.3, -0.25) is 10.1 Å². The molecule has 0 unspecified atom stereocenters. The maximum Gasteiger partial charge on any atom is 0.269 e. The average Bonchev–Trinajstić information content (AvgIpc) is 2.26. The molecule has 15 heavy (non-hydrogen) atoms. The third-order valence-corrected chi connectivity index (χ3v) is 2.17. The Morgan fingerprint density at radius 3 is 2.53 bits per heavy atom. The van der Waals surface area contributed by atoms with Crippen molar-refractivity contribution in [2.75, 3.05) is 13.2 Å². The Hall–Kier alpha value is -1.46. The normalized spacial score (nSPS) is 12.4. The first-order valence-electron chi connectivity index (χ1n) is 4.73. The van der Waals surface area contributed by atoms with Crippen molar-refractivity contribution in [1.82, 2.24) is 5.32 Å². The lowest BCUT2D eigenvalue weighted by atomic mass is 10.1. The third-order valence-electron chi connectivity index (χ3n) is 2.17. The Balaban J connectivity index is 2.66. The lowest BCUT2D eigenvalue weighted by Gasteiger charge is -2.12. The van der Waals surface area contributed by atoms with Crippen molar-refractivity contribution in [3.63, 3.8) is 0 Å². The maximum absolute atomic E-state index is 10.4. The lowest BCUT2D eigenvalue weighted by Crippen LogP contribution is -2.21. The molecule has 0 aliphatic heterocycles. The van der Waals surface area contributed by atoms with Crippen LogP contribution in [0.1, 0.15) is 18.5 Å². The number of nitro benzene ring substituents is 1. The van der Waals surface area contributed by atoms with E-state index in [1.54, 1.807) is 12.1 Å². The first-order chi connectivity index (χ1) is 7.15. The van der Waals surface area contributed by atoms with Crippen LogP contribution in [0.15, 0.2) is 24.3 Å². The van der Waals surface area contributed by atoms with Crippen LogP contribution in [0.2, 0.25) is 0 Å². The Morgan fingerprint density at radius 1 is 1.47 bits per heavy atom. The molecule has 0 saturated carbocycles. The summed E-state index contributed by atoms with van der Waals surface area (Å²) in [5.41, 5.74) is 1.06. The van der Waals surface area contributed by atoms with Crippen LogP contribution in [0.4, 0.5) is 5.69 Å². The van der Waals surface area contributed by atoms with Crippen LogP contribution >= 0.6 is 0 Å². The van der Waals surface area contributed by atoms with Gasteiger partial charge in [-0.2, -0.15) is 0 Å². The molecule has 0 spiro atoms. The molecule has 1 aromatic carbocycles. The van der Waals surface area contributed by atoms with E-state index in [1.165, 1.54) is 12.1 Å². The Morgan fingerprint density at radius 2 is 2.07 bits per heavy atom. The van der Waals surface area contributed by atoms with Crippen LogP contribution in [-0.4, -0.2) is 23.2 Å². The van der Waals surface area contributed by atoms with E-state index in [2.05, 4.69) is 5.32 Å². The van der Waals surface area contributed by atoms with Crippen molar-refractivity contribution in [2.45, 2.75) is 13.0 Å². The molecule has 1 atom stereocenters. The van der Waals surface area contributed by atoms with Crippen molar-refractivity contribution in [1.29, 1.82) is 0 Å². The number of hydrogen-bond donors (Lipinski definition) is 2. The van der Waals surface area contributed by atoms with E-state index >= 15 is 0 Å². The molecule has 0 radical (unpaired) electrons. The van der Waals surface area contributed by atoms with Crippen molar-refractivity contribution in [3.05, 3.63) is 39.9 Å². The zero-order chi connectivity index (χ0) is 11.3. The van der Waals surface area contributed by atoms with E-state index in [-0.39, 0.29) is 18.3 Å². The second-order valence-electron chi connectivity index (χ2n) is 3.25. The fourth-order valence-electron chi connectivity index (χ4n) is 1.28. The van der Waals surface area contributed by atoms with Gasteiger partial charge in [-0.05, 0) is 12.5 Å². The van der Waals surface area contributed by atoms with Gasteiger partial charge in [0.05, 0.1) is 11.5 Å². The minimum Gasteiger partial charge on any atom is -0.395 e. The van der Waals surface area contributed by atoms with Gasteiger partial charge in [-0.15, -0.1) is 0 Å². The third kappa shape index (κ3) is 3.30. The highest BCUT2D eigenvalue weighted by Gasteiger charge is 2.07. The molecule has 0 aromatic heterocycles. The second kappa shape index (κ2) is 5.43. The first-order valence-corrected chi connectivity index (χ1v) is 4.73. The highest BCUT2D eigenvalue weighted by Crippen LogP contribution is 2.16. The van der Waals surface area contributed by atoms with Crippen molar-refractivity contribution >= 4 is 5.69 Å². The largest absolute Gasteiger partial charge is 0.395 e. The predicted molar refractivity (Wildman–Crippen MR) is 56.6 cm³/mol. The van der Waals surface area contributed by atoms with Crippen LogP contribution in [0.3, 0.4) is 0 Å². The van der Waals surface area contributed by atoms with Gasteiger partial charge in [0.15, 0.2) is 0 Å². The summed E-state index contributed by atoms with van der Waals surface area (Å²) in [5, 5.41) is 22.1. The lowest BCUT2D eigenvalue weighted by molar-refractivity contribution is -0.384. The van der Waals surface area contributed by atoms with Crippen LogP contribution < -0.4 is 5.32 Å².